The molecule has 8 heteroatoms. The van der Waals surface area contributed by atoms with Crippen LogP contribution in [-0.2, 0) is 9.84 Å². The molecule has 0 bridgehead atoms. The highest BCUT2D eigenvalue weighted by atomic mass is 35.5. The molecule has 2 aromatic carbocycles. The van der Waals surface area contributed by atoms with Crippen molar-refractivity contribution >= 4 is 44.6 Å². The Morgan fingerprint density at radius 3 is 2.26 bits per heavy atom. The van der Waals surface area contributed by atoms with Gasteiger partial charge in [0.1, 0.15) is 0 Å². The summed E-state index contributed by atoms with van der Waals surface area (Å²) in [5, 5.41) is 12.1. The largest absolute Gasteiger partial charge is 0.322 e. The summed E-state index contributed by atoms with van der Waals surface area (Å²) in [4.78, 5) is 12.2. The Labute approximate surface area is 143 Å². The van der Waals surface area contributed by atoms with Crippen LogP contribution >= 0.6 is 23.2 Å². The van der Waals surface area contributed by atoms with Crippen molar-refractivity contribution in [2.75, 3.05) is 11.6 Å². The normalized spacial score (nSPS) is 10.9. The van der Waals surface area contributed by atoms with Gasteiger partial charge in [-0.05, 0) is 36.4 Å². The van der Waals surface area contributed by atoms with Gasteiger partial charge in [0.25, 0.3) is 5.91 Å². The van der Waals surface area contributed by atoms with Gasteiger partial charge in [-0.15, -0.1) is 0 Å². The average Bonchev–Trinajstić information content (AvgIpc) is 2.44. The van der Waals surface area contributed by atoms with Gasteiger partial charge in [-0.25, -0.2) is 8.42 Å². The smallest absolute Gasteiger partial charge is 0.257 e. The lowest BCUT2D eigenvalue weighted by Crippen LogP contribution is -2.16. The first kappa shape index (κ1) is 17.3. The first-order valence-electron chi connectivity index (χ1n) is 6.22. The first-order chi connectivity index (χ1) is 10.7. The van der Waals surface area contributed by atoms with E-state index in [0.717, 1.165) is 6.26 Å². The highest BCUT2D eigenvalue weighted by molar-refractivity contribution is 7.90. The highest BCUT2D eigenvalue weighted by Crippen LogP contribution is 2.24. The molecular weight excluding hydrogens is 359 g/mol. The monoisotopic (exact) mass is 368 g/mol. The maximum atomic E-state index is 12.4. The maximum Gasteiger partial charge on any atom is 0.257 e. The van der Waals surface area contributed by atoms with Crippen molar-refractivity contribution in [3.05, 3.63) is 57.6 Å². The predicted octanol–water partition coefficient (Wildman–Crippen LogP) is 3.52. The van der Waals surface area contributed by atoms with E-state index in [9.17, 15) is 13.2 Å². The number of nitrogens with zero attached hydrogens (tertiary/aromatic N) is 1. The lowest BCUT2D eigenvalue weighted by molar-refractivity contribution is 0.102. The number of anilines is 1. The molecule has 0 saturated carbocycles. The molecule has 1 N–H and O–H groups in total. The number of hydrogen-bond donors (Lipinski definition) is 1. The fraction of sp³-hybridized carbons (Fsp3) is 0.0667. The minimum Gasteiger partial charge on any atom is -0.322 e. The Morgan fingerprint density at radius 1 is 1.13 bits per heavy atom. The van der Waals surface area contributed by atoms with Crippen LogP contribution in [0.15, 0.2) is 41.3 Å². The second kappa shape index (κ2) is 6.59. The fourth-order valence-electron chi connectivity index (χ4n) is 1.92. The molecule has 5 nitrogen and oxygen atoms in total. The number of benzene rings is 2. The summed E-state index contributed by atoms with van der Waals surface area (Å²) in [5.41, 5.74) is 0.364. The minimum atomic E-state index is -3.63. The first-order valence-corrected chi connectivity index (χ1v) is 8.87. The number of nitrogens with one attached hydrogen (secondary N) is 1. The molecule has 0 aliphatic heterocycles. The summed E-state index contributed by atoms with van der Waals surface area (Å²) < 4.78 is 23.6. The Hall–Kier alpha value is -2.07. The number of carbonyl (C=O) groups is 1. The van der Waals surface area contributed by atoms with E-state index in [0.29, 0.717) is 15.7 Å². The van der Waals surface area contributed by atoms with Gasteiger partial charge in [0.05, 0.1) is 22.1 Å². The van der Waals surface area contributed by atoms with E-state index >= 15 is 0 Å². The zero-order chi connectivity index (χ0) is 17.2. The molecule has 0 aliphatic rings. The van der Waals surface area contributed by atoms with Crippen LogP contribution in [0.3, 0.4) is 0 Å². The molecule has 0 heterocycles. The fourth-order valence-corrected chi connectivity index (χ4v) is 3.32. The Kier molecular flexibility index (Phi) is 4.95. The number of sulfone groups is 1. The van der Waals surface area contributed by atoms with Crippen molar-refractivity contribution in [3.8, 4) is 6.07 Å². The highest BCUT2D eigenvalue weighted by Gasteiger charge is 2.20. The summed E-state index contributed by atoms with van der Waals surface area (Å²) in [6, 6.07) is 10.1. The summed E-state index contributed by atoms with van der Waals surface area (Å²) in [6.45, 7) is 0. The molecule has 0 aromatic heterocycles. The van der Waals surface area contributed by atoms with E-state index in [1.54, 1.807) is 0 Å². The molecule has 2 rings (SSSR count). The molecule has 0 fully saturated rings. The number of halogens is 2. The van der Waals surface area contributed by atoms with Gasteiger partial charge in [0.15, 0.2) is 9.84 Å². The topological polar surface area (TPSA) is 87.0 Å². The van der Waals surface area contributed by atoms with Gasteiger partial charge in [-0.2, -0.15) is 5.26 Å². The molecule has 0 saturated heterocycles. The van der Waals surface area contributed by atoms with Gasteiger partial charge < -0.3 is 5.32 Å². The predicted molar refractivity (Wildman–Crippen MR) is 88.7 cm³/mol. The van der Waals surface area contributed by atoms with Crippen LogP contribution in [-0.4, -0.2) is 20.6 Å². The molecule has 0 radical (unpaired) electrons. The van der Waals surface area contributed by atoms with Crippen LogP contribution in [0.2, 0.25) is 10.0 Å². The second-order valence-electron chi connectivity index (χ2n) is 4.71. The lowest BCUT2D eigenvalue weighted by atomic mass is 10.1. The molecule has 0 atom stereocenters. The van der Waals surface area contributed by atoms with Crippen LogP contribution in [0.1, 0.15) is 15.9 Å². The summed E-state index contributed by atoms with van der Waals surface area (Å²) >= 11 is 11.7. The van der Waals surface area contributed by atoms with Gasteiger partial charge >= 0.3 is 0 Å². The molecule has 1 amide bonds. The Balaban J connectivity index is 2.48. The van der Waals surface area contributed by atoms with E-state index in [1.807, 2.05) is 6.07 Å². The number of rotatable bonds is 3. The van der Waals surface area contributed by atoms with Crippen molar-refractivity contribution in [3.63, 3.8) is 0 Å². The molecule has 23 heavy (non-hydrogen) atoms. The van der Waals surface area contributed by atoms with Crippen molar-refractivity contribution < 1.29 is 13.2 Å². The minimum absolute atomic E-state index is 0.123. The summed E-state index contributed by atoms with van der Waals surface area (Å²) in [7, 11) is -3.63. The molecule has 118 valence electrons. The van der Waals surface area contributed by atoms with Gasteiger partial charge in [-0.1, -0.05) is 23.2 Å². The molecular formula is C15H10Cl2N2O3S. The van der Waals surface area contributed by atoms with Crippen LogP contribution in [0.5, 0.6) is 0 Å². The zero-order valence-corrected chi connectivity index (χ0v) is 14.1. The third-order valence-corrected chi connectivity index (χ3v) is 4.46. The van der Waals surface area contributed by atoms with Crippen molar-refractivity contribution in [1.82, 2.24) is 0 Å². The van der Waals surface area contributed by atoms with Gasteiger partial charge in [-0.3, -0.25) is 4.79 Å². The van der Waals surface area contributed by atoms with E-state index in [1.165, 1.54) is 36.4 Å². The maximum absolute atomic E-state index is 12.4. The van der Waals surface area contributed by atoms with E-state index in [2.05, 4.69) is 5.32 Å². The molecule has 0 unspecified atom stereocenters. The molecule has 2 aromatic rings. The van der Waals surface area contributed by atoms with Crippen LogP contribution in [0.4, 0.5) is 5.69 Å². The quantitative estimate of drug-likeness (QED) is 0.897. The van der Waals surface area contributed by atoms with E-state index < -0.39 is 15.7 Å². The summed E-state index contributed by atoms with van der Waals surface area (Å²) in [5.74, 6) is -0.680. The molecule has 0 spiro atoms. The summed E-state index contributed by atoms with van der Waals surface area (Å²) in [6.07, 6.45) is 0.988. The number of amides is 1. The van der Waals surface area contributed by atoms with Crippen molar-refractivity contribution in [2.45, 2.75) is 4.90 Å². The van der Waals surface area contributed by atoms with Crippen LogP contribution in [0.25, 0.3) is 0 Å². The van der Waals surface area contributed by atoms with E-state index in [4.69, 9.17) is 28.5 Å². The third kappa shape index (κ3) is 4.23. The average molecular weight is 369 g/mol. The SMILES string of the molecule is CS(=O)(=O)c1ccc(C#N)cc1C(=O)Nc1cc(Cl)cc(Cl)c1. The molecule has 0 aliphatic carbocycles. The lowest BCUT2D eigenvalue weighted by Gasteiger charge is -2.10. The van der Waals surface area contributed by atoms with E-state index in [-0.39, 0.29) is 16.0 Å². The number of carbonyl (C=O) groups excluding carboxylic acids is 1. The Morgan fingerprint density at radius 2 is 1.74 bits per heavy atom. The van der Waals surface area contributed by atoms with Crippen molar-refractivity contribution in [2.24, 2.45) is 0 Å². The Bertz CT molecular complexity index is 914. The third-order valence-electron chi connectivity index (χ3n) is 2.87. The second-order valence-corrected chi connectivity index (χ2v) is 7.56. The number of hydrogen-bond acceptors (Lipinski definition) is 4. The zero-order valence-electron chi connectivity index (χ0n) is 11.8. The van der Waals surface area contributed by atoms with Crippen molar-refractivity contribution in [1.29, 1.82) is 5.26 Å². The number of nitriles is 1. The van der Waals surface area contributed by atoms with Crippen LogP contribution in [0, 0.1) is 11.3 Å². The van der Waals surface area contributed by atoms with Crippen LogP contribution < -0.4 is 5.32 Å². The van der Waals surface area contributed by atoms with Gasteiger partial charge in [0.2, 0.25) is 0 Å². The van der Waals surface area contributed by atoms with Gasteiger partial charge in [0, 0.05) is 22.0 Å². The standard InChI is InChI=1S/C15H10Cl2N2O3S/c1-23(21,22)14-3-2-9(8-18)4-13(14)15(20)19-12-6-10(16)5-11(17)7-12/h2-7H,1H3,(H,19,20).